The Labute approximate surface area is 98.4 Å². The van der Waals surface area contributed by atoms with E-state index in [1.807, 2.05) is 12.1 Å². The van der Waals surface area contributed by atoms with Crippen molar-refractivity contribution in [3.8, 4) is 0 Å². The van der Waals surface area contributed by atoms with Crippen LogP contribution in [0, 0.1) is 0 Å². The van der Waals surface area contributed by atoms with E-state index >= 15 is 0 Å². The molecule has 3 rings (SSSR count). The normalized spacial score (nSPS) is 16.4. The molecule has 1 aliphatic rings. The quantitative estimate of drug-likeness (QED) is 0.767. The summed E-state index contributed by atoms with van der Waals surface area (Å²) < 4.78 is 5.33. The third-order valence-corrected chi connectivity index (χ3v) is 2.76. The van der Waals surface area contributed by atoms with E-state index in [4.69, 9.17) is 10.5 Å². The fraction of sp³-hybridized carbons (Fsp3) is 0.364. The first kappa shape index (κ1) is 10.2. The number of nitrogens with two attached hydrogens (primary N) is 1. The summed E-state index contributed by atoms with van der Waals surface area (Å²) in [6, 6.07) is 3.74. The van der Waals surface area contributed by atoms with Crippen molar-refractivity contribution in [2.45, 2.75) is 0 Å². The molecule has 1 aliphatic heterocycles. The first-order valence-corrected chi connectivity index (χ1v) is 5.55. The van der Waals surface area contributed by atoms with Crippen LogP contribution in [0.4, 0.5) is 11.8 Å². The predicted molar refractivity (Wildman–Crippen MR) is 64.8 cm³/mol. The first-order chi connectivity index (χ1) is 8.34. The summed E-state index contributed by atoms with van der Waals surface area (Å²) in [5.41, 5.74) is 7.30. The molecule has 0 aromatic carbocycles. The van der Waals surface area contributed by atoms with Gasteiger partial charge in [0.05, 0.1) is 18.7 Å². The molecule has 88 valence electrons. The van der Waals surface area contributed by atoms with Crippen LogP contribution < -0.4 is 10.6 Å². The number of ether oxygens (including phenoxy) is 1. The molecule has 0 atom stereocenters. The number of rotatable bonds is 1. The number of aromatic nitrogens is 3. The minimum atomic E-state index is 0.284. The van der Waals surface area contributed by atoms with Crippen molar-refractivity contribution in [3.63, 3.8) is 0 Å². The molecule has 1 saturated heterocycles. The molecule has 0 bridgehead atoms. The van der Waals surface area contributed by atoms with Crippen LogP contribution in [0.15, 0.2) is 18.3 Å². The van der Waals surface area contributed by atoms with Crippen molar-refractivity contribution in [1.82, 2.24) is 15.0 Å². The molecule has 0 aliphatic carbocycles. The molecule has 0 radical (unpaired) electrons. The average Bonchev–Trinajstić information content (AvgIpc) is 2.39. The molecule has 0 amide bonds. The molecule has 0 unspecified atom stereocenters. The Morgan fingerprint density at radius 2 is 2.06 bits per heavy atom. The molecular formula is C11H13N5O. The molecule has 2 aromatic heterocycles. The lowest BCUT2D eigenvalue weighted by Gasteiger charge is -2.28. The van der Waals surface area contributed by atoms with Gasteiger partial charge in [-0.25, -0.2) is 4.98 Å². The van der Waals surface area contributed by atoms with Crippen LogP contribution in [0.5, 0.6) is 0 Å². The Bertz CT molecular complexity index is 538. The van der Waals surface area contributed by atoms with Gasteiger partial charge in [0, 0.05) is 19.3 Å². The number of nitrogens with zero attached hydrogens (tertiary/aromatic N) is 4. The van der Waals surface area contributed by atoms with Crippen LogP contribution in [0.25, 0.3) is 11.0 Å². The number of pyridine rings is 1. The molecule has 2 N–H and O–H groups in total. The van der Waals surface area contributed by atoms with Gasteiger partial charge in [-0.2, -0.15) is 4.98 Å². The lowest BCUT2D eigenvalue weighted by Crippen LogP contribution is -2.37. The highest BCUT2D eigenvalue weighted by atomic mass is 16.5. The topological polar surface area (TPSA) is 77.2 Å². The second kappa shape index (κ2) is 4.14. The van der Waals surface area contributed by atoms with E-state index in [-0.39, 0.29) is 5.95 Å². The van der Waals surface area contributed by atoms with Crippen molar-refractivity contribution < 1.29 is 4.74 Å². The van der Waals surface area contributed by atoms with Crippen molar-refractivity contribution in [2.24, 2.45) is 0 Å². The fourth-order valence-corrected chi connectivity index (χ4v) is 1.96. The van der Waals surface area contributed by atoms with Gasteiger partial charge in [0.2, 0.25) is 5.95 Å². The van der Waals surface area contributed by atoms with Crippen LogP contribution >= 0.6 is 0 Å². The van der Waals surface area contributed by atoms with Gasteiger partial charge in [0.15, 0.2) is 5.82 Å². The molecule has 1 fully saturated rings. The van der Waals surface area contributed by atoms with Crippen LogP contribution in [0.1, 0.15) is 0 Å². The molecule has 2 aromatic rings. The number of morpholine rings is 1. The predicted octanol–water partition coefficient (Wildman–Crippen LogP) is 0.444. The molecule has 17 heavy (non-hydrogen) atoms. The Morgan fingerprint density at radius 3 is 2.88 bits per heavy atom. The van der Waals surface area contributed by atoms with E-state index in [1.165, 1.54) is 0 Å². The Kier molecular flexibility index (Phi) is 2.49. The Balaban J connectivity index is 2.13. The van der Waals surface area contributed by atoms with E-state index in [2.05, 4.69) is 19.9 Å². The molecule has 3 heterocycles. The minimum Gasteiger partial charge on any atom is -0.378 e. The van der Waals surface area contributed by atoms with E-state index in [1.54, 1.807) is 6.20 Å². The standard InChI is InChI=1S/C11H13N5O/c12-11-14-8-2-1-3-13-9(8)10(15-11)16-4-6-17-7-5-16/h1-3H,4-7H2,(H2,12,14,15). The van der Waals surface area contributed by atoms with E-state index < -0.39 is 0 Å². The van der Waals surface area contributed by atoms with Crippen molar-refractivity contribution >= 4 is 22.8 Å². The van der Waals surface area contributed by atoms with Crippen LogP contribution in [-0.4, -0.2) is 41.3 Å². The summed E-state index contributed by atoms with van der Waals surface area (Å²) >= 11 is 0. The molecular weight excluding hydrogens is 218 g/mol. The van der Waals surface area contributed by atoms with Crippen LogP contribution in [0.2, 0.25) is 0 Å². The number of fused-ring (bicyclic) bond motifs is 1. The summed E-state index contributed by atoms with van der Waals surface area (Å²) in [5, 5.41) is 0. The molecule has 6 nitrogen and oxygen atoms in total. The lowest BCUT2D eigenvalue weighted by molar-refractivity contribution is 0.122. The largest absolute Gasteiger partial charge is 0.378 e. The second-order valence-electron chi connectivity index (χ2n) is 3.88. The molecule has 0 spiro atoms. The average molecular weight is 231 g/mol. The summed E-state index contributed by atoms with van der Waals surface area (Å²) in [4.78, 5) is 14.9. The van der Waals surface area contributed by atoms with Gasteiger partial charge in [0.25, 0.3) is 0 Å². The van der Waals surface area contributed by atoms with E-state index in [0.717, 1.165) is 29.9 Å². The van der Waals surface area contributed by atoms with Crippen molar-refractivity contribution in [2.75, 3.05) is 36.9 Å². The highest BCUT2D eigenvalue weighted by Crippen LogP contribution is 2.22. The third-order valence-electron chi connectivity index (χ3n) is 2.76. The molecule has 0 saturated carbocycles. The maximum Gasteiger partial charge on any atom is 0.222 e. The molecule has 6 heteroatoms. The highest BCUT2D eigenvalue weighted by Gasteiger charge is 2.17. The zero-order chi connectivity index (χ0) is 11.7. The summed E-state index contributed by atoms with van der Waals surface area (Å²) in [6.07, 6.45) is 1.74. The summed E-state index contributed by atoms with van der Waals surface area (Å²) in [6.45, 7) is 3.03. The van der Waals surface area contributed by atoms with Gasteiger partial charge in [-0.15, -0.1) is 0 Å². The van der Waals surface area contributed by atoms with Gasteiger partial charge in [-0.1, -0.05) is 0 Å². The SMILES string of the molecule is Nc1nc(N2CCOCC2)c2ncccc2n1. The highest BCUT2D eigenvalue weighted by molar-refractivity contribution is 5.86. The minimum absolute atomic E-state index is 0.284. The monoisotopic (exact) mass is 231 g/mol. The number of hydrogen-bond donors (Lipinski definition) is 1. The zero-order valence-corrected chi connectivity index (χ0v) is 9.33. The first-order valence-electron chi connectivity index (χ1n) is 5.55. The Hall–Kier alpha value is -1.95. The van der Waals surface area contributed by atoms with Gasteiger partial charge < -0.3 is 15.4 Å². The smallest absolute Gasteiger partial charge is 0.222 e. The summed E-state index contributed by atoms with van der Waals surface area (Å²) in [7, 11) is 0. The lowest BCUT2D eigenvalue weighted by atomic mass is 10.3. The number of hydrogen-bond acceptors (Lipinski definition) is 6. The van der Waals surface area contributed by atoms with Gasteiger partial charge in [-0.3, -0.25) is 4.98 Å². The van der Waals surface area contributed by atoms with Gasteiger partial charge >= 0.3 is 0 Å². The van der Waals surface area contributed by atoms with E-state index in [9.17, 15) is 0 Å². The van der Waals surface area contributed by atoms with Crippen LogP contribution in [0.3, 0.4) is 0 Å². The second-order valence-corrected chi connectivity index (χ2v) is 3.88. The maximum absolute atomic E-state index is 5.72. The number of nitrogen functional groups attached to an aromatic ring is 1. The van der Waals surface area contributed by atoms with E-state index in [0.29, 0.717) is 13.2 Å². The van der Waals surface area contributed by atoms with Gasteiger partial charge in [-0.05, 0) is 12.1 Å². The Morgan fingerprint density at radius 1 is 1.24 bits per heavy atom. The third kappa shape index (κ3) is 1.87. The summed E-state index contributed by atoms with van der Waals surface area (Å²) in [5.74, 6) is 1.09. The van der Waals surface area contributed by atoms with Crippen molar-refractivity contribution in [1.29, 1.82) is 0 Å². The van der Waals surface area contributed by atoms with Crippen LogP contribution in [-0.2, 0) is 4.74 Å². The fourth-order valence-electron chi connectivity index (χ4n) is 1.96. The maximum atomic E-state index is 5.72. The number of anilines is 2. The van der Waals surface area contributed by atoms with Gasteiger partial charge in [0.1, 0.15) is 5.52 Å². The van der Waals surface area contributed by atoms with Crippen molar-refractivity contribution in [3.05, 3.63) is 18.3 Å². The zero-order valence-electron chi connectivity index (χ0n) is 9.33.